The third-order valence-electron chi connectivity index (χ3n) is 8.43. The summed E-state index contributed by atoms with van der Waals surface area (Å²) < 4.78 is 25.6. The third kappa shape index (κ3) is 4.65. The van der Waals surface area contributed by atoms with Crippen molar-refractivity contribution in [1.82, 2.24) is 9.80 Å². The summed E-state index contributed by atoms with van der Waals surface area (Å²) in [4.78, 5) is 5.21. The van der Waals surface area contributed by atoms with Crippen molar-refractivity contribution in [2.24, 2.45) is 5.41 Å². The number of fused-ring (bicyclic) bond motifs is 2. The predicted molar refractivity (Wildman–Crippen MR) is 119 cm³/mol. The standard InChI is InChI=1S/C25H43FN2O2/c1-20(2)29-18-24-9-4-7-23(24)27(12-5-10-24)14-8-21(3)30-19-25-11-6-13-28(25)17-22(15-25)16-26/h16,20-21,23H,4-15,17-19H2,1-3H3/b22-16-/t21-,23?,24?,25?/m1/s1. The zero-order chi connectivity index (χ0) is 21.2. The van der Waals surface area contributed by atoms with Crippen LogP contribution in [0.3, 0.4) is 0 Å². The monoisotopic (exact) mass is 422 g/mol. The lowest BCUT2D eigenvalue weighted by molar-refractivity contribution is -0.0593. The van der Waals surface area contributed by atoms with Crippen LogP contribution in [0.4, 0.5) is 4.39 Å². The van der Waals surface area contributed by atoms with Gasteiger partial charge in [-0.15, -0.1) is 0 Å². The summed E-state index contributed by atoms with van der Waals surface area (Å²) in [6, 6.07) is 0.688. The predicted octanol–water partition coefficient (Wildman–Crippen LogP) is 4.93. The van der Waals surface area contributed by atoms with Crippen LogP contribution < -0.4 is 0 Å². The van der Waals surface area contributed by atoms with Crippen molar-refractivity contribution in [3.8, 4) is 0 Å². The van der Waals surface area contributed by atoms with Crippen molar-refractivity contribution in [3.63, 3.8) is 0 Å². The van der Waals surface area contributed by atoms with Crippen LogP contribution in [0, 0.1) is 5.41 Å². The van der Waals surface area contributed by atoms with E-state index in [0.29, 0.717) is 17.6 Å². The molecule has 30 heavy (non-hydrogen) atoms. The molecule has 0 radical (unpaired) electrons. The third-order valence-corrected chi connectivity index (χ3v) is 8.43. The maximum Gasteiger partial charge on any atom is 0.0872 e. The van der Waals surface area contributed by atoms with Gasteiger partial charge >= 0.3 is 0 Å². The first-order valence-corrected chi connectivity index (χ1v) is 12.5. The van der Waals surface area contributed by atoms with E-state index >= 15 is 0 Å². The van der Waals surface area contributed by atoms with Gasteiger partial charge in [-0.3, -0.25) is 9.80 Å². The molecule has 0 aromatic heterocycles. The van der Waals surface area contributed by atoms with Gasteiger partial charge in [0.25, 0.3) is 0 Å². The zero-order valence-electron chi connectivity index (χ0n) is 19.5. The molecule has 0 N–H and O–H groups in total. The molecule has 3 heterocycles. The molecular weight excluding hydrogens is 379 g/mol. The van der Waals surface area contributed by atoms with Gasteiger partial charge < -0.3 is 9.47 Å². The average molecular weight is 423 g/mol. The molecule has 1 saturated carbocycles. The normalized spacial score (nSPS) is 37.2. The van der Waals surface area contributed by atoms with E-state index in [4.69, 9.17) is 9.47 Å². The molecule has 4 aliphatic rings. The molecule has 0 spiro atoms. The Bertz CT molecular complexity index is 612. The second-order valence-electron chi connectivity index (χ2n) is 10.9. The Balaban J connectivity index is 1.27. The first-order valence-electron chi connectivity index (χ1n) is 12.5. The highest BCUT2D eigenvalue weighted by atomic mass is 19.1. The SMILES string of the molecule is CC(C)OCC12CCCC1N(CC[C@@H](C)OCC13CCCN1C/C(=C\F)C3)CCC2. The number of rotatable bonds is 9. The quantitative estimate of drug-likeness (QED) is 0.526. The molecule has 3 saturated heterocycles. The molecule has 3 aliphatic heterocycles. The van der Waals surface area contributed by atoms with Crippen LogP contribution >= 0.6 is 0 Å². The van der Waals surface area contributed by atoms with Crippen molar-refractivity contribution in [2.75, 3.05) is 39.4 Å². The minimum Gasteiger partial charge on any atom is -0.378 e. The summed E-state index contributed by atoms with van der Waals surface area (Å²) in [6.45, 7) is 12.5. The molecule has 4 nitrogen and oxygen atoms in total. The van der Waals surface area contributed by atoms with Crippen LogP contribution in [0.5, 0.6) is 0 Å². The highest BCUT2D eigenvalue weighted by molar-refractivity contribution is 5.19. The number of hydrogen-bond donors (Lipinski definition) is 0. The lowest BCUT2D eigenvalue weighted by Gasteiger charge is -2.47. The lowest BCUT2D eigenvalue weighted by Crippen LogP contribution is -2.52. The summed E-state index contributed by atoms with van der Waals surface area (Å²) in [5, 5.41) is 0. The van der Waals surface area contributed by atoms with Gasteiger partial charge in [0.15, 0.2) is 0 Å². The second kappa shape index (κ2) is 9.56. The van der Waals surface area contributed by atoms with Crippen molar-refractivity contribution in [1.29, 1.82) is 0 Å². The zero-order valence-corrected chi connectivity index (χ0v) is 19.5. The molecule has 4 rings (SSSR count). The van der Waals surface area contributed by atoms with E-state index in [9.17, 15) is 4.39 Å². The van der Waals surface area contributed by atoms with E-state index in [2.05, 4.69) is 30.6 Å². The van der Waals surface area contributed by atoms with E-state index in [1.54, 1.807) is 0 Å². The average Bonchev–Trinajstić information content (AvgIpc) is 3.41. The van der Waals surface area contributed by atoms with E-state index < -0.39 is 0 Å². The van der Waals surface area contributed by atoms with Crippen molar-refractivity contribution in [3.05, 3.63) is 11.9 Å². The van der Waals surface area contributed by atoms with Crippen LogP contribution in [0.1, 0.15) is 78.6 Å². The molecule has 5 heteroatoms. The molecule has 4 atom stereocenters. The highest BCUT2D eigenvalue weighted by Crippen LogP contribution is 2.48. The second-order valence-corrected chi connectivity index (χ2v) is 10.9. The Morgan fingerprint density at radius 3 is 2.67 bits per heavy atom. The Morgan fingerprint density at radius 1 is 1.07 bits per heavy atom. The molecule has 1 aliphatic carbocycles. The van der Waals surface area contributed by atoms with Gasteiger partial charge in [-0.25, -0.2) is 4.39 Å². The first-order chi connectivity index (χ1) is 14.5. The molecule has 0 aromatic carbocycles. The number of halogens is 1. The smallest absolute Gasteiger partial charge is 0.0872 e. The molecule has 3 unspecified atom stereocenters. The van der Waals surface area contributed by atoms with E-state index in [1.165, 1.54) is 45.1 Å². The van der Waals surface area contributed by atoms with Gasteiger partial charge in [0, 0.05) is 30.1 Å². The molecule has 0 amide bonds. The minimum absolute atomic E-state index is 0.0616. The fourth-order valence-corrected chi connectivity index (χ4v) is 6.79. The van der Waals surface area contributed by atoms with Crippen molar-refractivity contribution >= 4 is 0 Å². The van der Waals surface area contributed by atoms with Gasteiger partial charge in [-0.2, -0.15) is 0 Å². The summed E-state index contributed by atoms with van der Waals surface area (Å²) in [5.74, 6) is 0. The summed E-state index contributed by atoms with van der Waals surface area (Å²) >= 11 is 0. The Labute approximate surface area is 183 Å². The molecule has 0 bridgehead atoms. The summed E-state index contributed by atoms with van der Waals surface area (Å²) in [7, 11) is 0. The van der Waals surface area contributed by atoms with Gasteiger partial charge in [-0.05, 0) is 90.8 Å². The van der Waals surface area contributed by atoms with Gasteiger partial charge in [0.2, 0.25) is 0 Å². The van der Waals surface area contributed by atoms with Crippen molar-refractivity contribution in [2.45, 2.75) is 102 Å². The Hall–Kier alpha value is -0.490. The van der Waals surface area contributed by atoms with Crippen LogP contribution in [0.15, 0.2) is 11.9 Å². The highest BCUT2D eigenvalue weighted by Gasteiger charge is 2.48. The fraction of sp³-hybridized carbons (Fsp3) is 0.920. The largest absolute Gasteiger partial charge is 0.378 e. The van der Waals surface area contributed by atoms with Crippen LogP contribution in [-0.2, 0) is 9.47 Å². The Morgan fingerprint density at radius 2 is 1.87 bits per heavy atom. The lowest BCUT2D eigenvalue weighted by atomic mass is 9.75. The minimum atomic E-state index is 0.0616. The van der Waals surface area contributed by atoms with Gasteiger partial charge in [0.1, 0.15) is 0 Å². The maximum absolute atomic E-state index is 13.1. The van der Waals surface area contributed by atoms with Crippen molar-refractivity contribution < 1.29 is 13.9 Å². The number of nitrogens with zero attached hydrogens (tertiary/aromatic N) is 2. The summed E-state index contributed by atoms with van der Waals surface area (Å²) in [5.41, 5.74) is 1.39. The molecule has 172 valence electrons. The number of likely N-dealkylation sites (tertiary alicyclic amines) is 1. The summed E-state index contributed by atoms with van der Waals surface area (Å²) in [6.07, 6.45) is 12.3. The van der Waals surface area contributed by atoms with Crippen LogP contribution in [0.25, 0.3) is 0 Å². The van der Waals surface area contributed by atoms with E-state index in [-0.39, 0.29) is 11.6 Å². The molecular formula is C25H43FN2O2. The van der Waals surface area contributed by atoms with Crippen LogP contribution in [0.2, 0.25) is 0 Å². The Kier molecular flexibility index (Phi) is 7.23. The topological polar surface area (TPSA) is 24.9 Å². The van der Waals surface area contributed by atoms with Gasteiger partial charge in [0.05, 0.1) is 31.8 Å². The fourth-order valence-electron chi connectivity index (χ4n) is 6.79. The number of ether oxygens (including phenoxy) is 2. The first kappa shape index (κ1) is 22.7. The maximum atomic E-state index is 13.1. The van der Waals surface area contributed by atoms with E-state index in [0.717, 1.165) is 64.0 Å². The van der Waals surface area contributed by atoms with Crippen LogP contribution in [-0.4, -0.2) is 73.0 Å². The number of piperidine rings is 1. The molecule has 4 fully saturated rings. The number of hydrogen-bond acceptors (Lipinski definition) is 4. The van der Waals surface area contributed by atoms with E-state index in [1.807, 2.05) is 0 Å². The molecule has 0 aromatic rings. The van der Waals surface area contributed by atoms with Gasteiger partial charge in [-0.1, -0.05) is 6.42 Å².